The van der Waals surface area contributed by atoms with Crippen molar-refractivity contribution in [2.75, 3.05) is 11.9 Å². The van der Waals surface area contributed by atoms with Crippen LogP contribution in [0, 0.1) is 0 Å². The monoisotopic (exact) mass is 290 g/mol. The number of aromatic carboxylic acids is 1. The number of carboxylic acids is 1. The van der Waals surface area contributed by atoms with E-state index in [9.17, 15) is 9.59 Å². The maximum Gasteiger partial charge on any atom is 0.371 e. The molecule has 2 rings (SSSR count). The Bertz CT molecular complexity index is 633. The Hall–Kier alpha value is -2.83. The number of esters is 1. The van der Waals surface area contributed by atoms with Crippen molar-refractivity contribution < 1.29 is 23.8 Å². The number of carboxylic acid groups (broad SMARTS) is 1. The highest BCUT2D eigenvalue weighted by Crippen LogP contribution is 2.11. The Morgan fingerprint density at radius 2 is 2.14 bits per heavy atom. The van der Waals surface area contributed by atoms with E-state index in [0.717, 1.165) is 0 Å². The van der Waals surface area contributed by atoms with Crippen LogP contribution in [0.1, 0.15) is 33.6 Å². The first-order valence-electron chi connectivity index (χ1n) is 6.29. The Morgan fingerprint density at radius 1 is 1.33 bits per heavy atom. The molecule has 0 saturated heterocycles. The third-order valence-corrected chi connectivity index (χ3v) is 2.59. The maximum absolute atomic E-state index is 11.4. The fourth-order valence-corrected chi connectivity index (χ4v) is 1.60. The molecule has 2 aromatic heterocycles. The molecule has 2 heterocycles. The van der Waals surface area contributed by atoms with Gasteiger partial charge in [-0.25, -0.2) is 14.6 Å². The van der Waals surface area contributed by atoms with Crippen LogP contribution in [0.15, 0.2) is 34.9 Å². The summed E-state index contributed by atoms with van der Waals surface area (Å²) in [6.07, 6.45) is 1.41. The minimum Gasteiger partial charge on any atom is -0.475 e. The van der Waals surface area contributed by atoms with Crippen LogP contribution in [-0.2, 0) is 11.3 Å². The van der Waals surface area contributed by atoms with E-state index in [4.69, 9.17) is 14.3 Å². The molecule has 110 valence electrons. The lowest BCUT2D eigenvalue weighted by Crippen LogP contribution is -2.06. The van der Waals surface area contributed by atoms with Crippen molar-refractivity contribution in [2.45, 2.75) is 13.5 Å². The number of nitrogens with one attached hydrogen (secondary N) is 1. The second kappa shape index (κ2) is 6.56. The van der Waals surface area contributed by atoms with E-state index in [1.165, 1.54) is 12.3 Å². The lowest BCUT2D eigenvalue weighted by molar-refractivity contribution is 0.0525. The van der Waals surface area contributed by atoms with Crippen molar-refractivity contribution in [3.63, 3.8) is 0 Å². The third-order valence-electron chi connectivity index (χ3n) is 2.59. The molecule has 0 radical (unpaired) electrons. The van der Waals surface area contributed by atoms with Gasteiger partial charge < -0.3 is 19.6 Å². The van der Waals surface area contributed by atoms with Crippen molar-refractivity contribution >= 4 is 17.8 Å². The predicted molar refractivity (Wildman–Crippen MR) is 73.2 cm³/mol. The second-order valence-electron chi connectivity index (χ2n) is 4.08. The predicted octanol–water partition coefficient (Wildman–Crippen LogP) is 2.16. The molecule has 0 bridgehead atoms. The second-order valence-corrected chi connectivity index (χ2v) is 4.08. The van der Waals surface area contributed by atoms with Crippen LogP contribution >= 0.6 is 0 Å². The van der Waals surface area contributed by atoms with Gasteiger partial charge in [-0.05, 0) is 31.2 Å². The molecule has 0 fully saturated rings. The van der Waals surface area contributed by atoms with Gasteiger partial charge in [0.1, 0.15) is 11.6 Å². The molecular weight excluding hydrogens is 276 g/mol. The molecule has 21 heavy (non-hydrogen) atoms. The number of pyridine rings is 1. The van der Waals surface area contributed by atoms with Crippen LogP contribution in [0.4, 0.5) is 5.82 Å². The van der Waals surface area contributed by atoms with Crippen LogP contribution in [0.3, 0.4) is 0 Å². The molecule has 0 amide bonds. The van der Waals surface area contributed by atoms with Gasteiger partial charge in [-0.2, -0.15) is 0 Å². The number of rotatable bonds is 6. The molecule has 0 atom stereocenters. The van der Waals surface area contributed by atoms with Crippen LogP contribution in [0.5, 0.6) is 0 Å². The molecule has 7 nitrogen and oxygen atoms in total. The van der Waals surface area contributed by atoms with Gasteiger partial charge in [-0.1, -0.05) is 0 Å². The number of hydrogen-bond donors (Lipinski definition) is 2. The highest BCUT2D eigenvalue weighted by atomic mass is 16.5. The van der Waals surface area contributed by atoms with E-state index in [2.05, 4.69) is 10.3 Å². The summed E-state index contributed by atoms with van der Waals surface area (Å²) in [5, 5.41) is 11.7. The topological polar surface area (TPSA) is 102 Å². The van der Waals surface area contributed by atoms with Gasteiger partial charge in [0.25, 0.3) is 0 Å². The largest absolute Gasteiger partial charge is 0.475 e. The number of anilines is 1. The normalized spacial score (nSPS) is 10.1. The van der Waals surface area contributed by atoms with E-state index in [0.29, 0.717) is 30.3 Å². The molecule has 0 aliphatic heterocycles. The zero-order chi connectivity index (χ0) is 15.2. The highest BCUT2D eigenvalue weighted by Gasteiger charge is 2.09. The van der Waals surface area contributed by atoms with E-state index in [1.54, 1.807) is 25.1 Å². The molecule has 0 unspecified atom stereocenters. The summed E-state index contributed by atoms with van der Waals surface area (Å²) in [5.41, 5.74) is 0.369. The van der Waals surface area contributed by atoms with Crippen LogP contribution < -0.4 is 5.32 Å². The third kappa shape index (κ3) is 3.82. The fraction of sp³-hybridized carbons (Fsp3) is 0.214. The standard InChI is InChI=1S/C14H14N2O5/c1-2-20-14(19)9-3-6-12(15-7-9)16-8-10-4-5-11(21-10)13(17)18/h3-7H,2,8H2,1H3,(H,15,16)(H,17,18). The van der Waals surface area contributed by atoms with E-state index < -0.39 is 11.9 Å². The van der Waals surface area contributed by atoms with Gasteiger partial charge in [0.2, 0.25) is 5.76 Å². The van der Waals surface area contributed by atoms with Crippen molar-refractivity contribution in [2.24, 2.45) is 0 Å². The highest BCUT2D eigenvalue weighted by molar-refractivity contribution is 5.89. The first kappa shape index (κ1) is 14.6. The van der Waals surface area contributed by atoms with Crippen molar-refractivity contribution in [1.82, 2.24) is 4.98 Å². The number of aromatic nitrogens is 1. The van der Waals surface area contributed by atoms with Gasteiger partial charge in [0.15, 0.2) is 0 Å². The average molecular weight is 290 g/mol. The lowest BCUT2D eigenvalue weighted by atomic mass is 10.3. The quantitative estimate of drug-likeness (QED) is 0.786. The van der Waals surface area contributed by atoms with Gasteiger partial charge >= 0.3 is 11.9 Å². The molecule has 0 aliphatic carbocycles. The Balaban J connectivity index is 1.94. The van der Waals surface area contributed by atoms with Crippen LogP contribution in [-0.4, -0.2) is 28.6 Å². The average Bonchev–Trinajstić information content (AvgIpc) is 2.95. The molecule has 0 aliphatic rings. The zero-order valence-corrected chi connectivity index (χ0v) is 11.3. The van der Waals surface area contributed by atoms with Crippen LogP contribution in [0.2, 0.25) is 0 Å². The number of carbonyl (C=O) groups excluding carboxylic acids is 1. The molecule has 0 aromatic carbocycles. The van der Waals surface area contributed by atoms with Crippen molar-refractivity contribution in [3.05, 3.63) is 47.5 Å². The molecule has 7 heteroatoms. The van der Waals surface area contributed by atoms with Crippen molar-refractivity contribution in [3.8, 4) is 0 Å². The summed E-state index contributed by atoms with van der Waals surface area (Å²) in [4.78, 5) is 26.2. The molecule has 0 spiro atoms. The molecule has 2 N–H and O–H groups in total. The van der Waals surface area contributed by atoms with Crippen LogP contribution in [0.25, 0.3) is 0 Å². The number of carbonyl (C=O) groups is 2. The zero-order valence-electron chi connectivity index (χ0n) is 11.3. The number of hydrogen-bond acceptors (Lipinski definition) is 6. The van der Waals surface area contributed by atoms with Crippen molar-refractivity contribution in [1.29, 1.82) is 0 Å². The summed E-state index contributed by atoms with van der Waals surface area (Å²) < 4.78 is 9.95. The maximum atomic E-state index is 11.4. The summed E-state index contributed by atoms with van der Waals surface area (Å²) in [6, 6.07) is 6.19. The number of ether oxygens (including phenoxy) is 1. The summed E-state index contributed by atoms with van der Waals surface area (Å²) in [7, 11) is 0. The molecule has 2 aromatic rings. The Labute approximate surface area is 120 Å². The van der Waals surface area contributed by atoms with Gasteiger partial charge in [-0.3, -0.25) is 0 Å². The minimum atomic E-state index is -1.11. The fourth-order valence-electron chi connectivity index (χ4n) is 1.60. The SMILES string of the molecule is CCOC(=O)c1ccc(NCc2ccc(C(=O)O)o2)nc1. The van der Waals surface area contributed by atoms with E-state index in [1.807, 2.05) is 0 Å². The summed E-state index contributed by atoms with van der Waals surface area (Å²) in [6.45, 7) is 2.33. The van der Waals surface area contributed by atoms with E-state index >= 15 is 0 Å². The van der Waals surface area contributed by atoms with E-state index in [-0.39, 0.29) is 5.76 Å². The summed E-state index contributed by atoms with van der Waals surface area (Å²) in [5.74, 6) is -0.635. The first-order chi connectivity index (χ1) is 10.1. The van der Waals surface area contributed by atoms with Gasteiger partial charge in [0, 0.05) is 6.20 Å². The first-order valence-corrected chi connectivity index (χ1v) is 6.29. The minimum absolute atomic E-state index is 0.114. The number of furan rings is 1. The molecule has 0 saturated carbocycles. The van der Waals surface area contributed by atoms with Gasteiger partial charge in [-0.15, -0.1) is 0 Å². The Morgan fingerprint density at radius 3 is 2.71 bits per heavy atom. The lowest BCUT2D eigenvalue weighted by Gasteiger charge is -2.05. The number of nitrogens with zero attached hydrogens (tertiary/aromatic N) is 1. The molecular formula is C14H14N2O5. The summed E-state index contributed by atoms with van der Waals surface area (Å²) >= 11 is 0. The smallest absolute Gasteiger partial charge is 0.371 e. The van der Waals surface area contributed by atoms with Gasteiger partial charge in [0.05, 0.1) is 18.7 Å². The Kier molecular flexibility index (Phi) is 4.55.